The number of benzene rings is 3. The van der Waals surface area contributed by atoms with Crippen LogP contribution in [0.25, 0.3) is 10.9 Å². The van der Waals surface area contributed by atoms with Crippen LogP contribution in [0.4, 0.5) is 11.4 Å². The minimum atomic E-state index is 0.0704. The van der Waals surface area contributed by atoms with Gasteiger partial charge in [0.25, 0.3) is 0 Å². The summed E-state index contributed by atoms with van der Waals surface area (Å²) in [5, 5.41) is 23.8. The minimum Gasteiger partial charge on any atom is -0.493 e. The summed E-state index contributed by atoms with van der Waals surface area (Å²) in [5.74, 6) is 0.0704. The van der Waals surface area contributed by atoms with Gasteiger partial charge in [0.1, 0.15) is 0 Å². The molecule has 0 amide bonds. The molecule has 0 atom stereocenters. The van der Waals surface area contributed by atoms with Gasteiger partial charge in [-0.2, -0.15) is 0 Å². The van der Waals surface area contributed by atoms with Crippen LogP contribution in [0.15, 0.2) is 70.9 Å². The highest BCUT2D eigenvalue weighted by Gasteiger charge is 2.17. The Labute approximate surface area is 193 Å². The van der Waals surface area contributed by atoms with Crippen LogP contribution in [-0.4, -0.2) is 14.8 Å². The average Bonchev–Trinajstić information content (AvgIpc) is 3.02. The molecule has 0 fully saturated rings. The van der Waals surface area contributed by atoms with Gasteiger partial charge in [-0.3, -0.25) is 0 Å². The monoisotopic (exact) mass is 442 g/mol. The van der Waals surface area contributed by atoms with Gasteiger partial charge in [-0.15, -0.1) is 10.2 Å². The quantitative estimate of drug-likeness (QED) is 0.261. The summed E-state index contributed by atoms with van der Waals surface area (Å²) >= 11 is 5.42. The van der Waals surface area contributed by atoms with Crippen LogP contribution in [-0.2, 0) is 6.54 Å². The van der Waals surface area contributed by atoms with Crippen molar-refractivity contribution in [2.45, 2.75) is 34.2 Å². The lowest BCUT2D eigenvalue weighted by molar-refractivity contribution is 0.429. The second kappa shape index (κ2) is 8.93. The second-order valence-corrected chi connectivity index (χ2v) is 8.55. The molecule has 162 valence electrons. The van der Waals surface area contributed by atoms with Crippen molar-refractivity contribution in [2.24, 2.45) is 10.2 Å². The van der Waals surface area contributed by atoms with Gasteiger partial charge in [0.05, 0.1) is 12.1 Å². The molecule has 0 bridgehead atoms. The fraction of sp³-hybridized carbons (Fsp3) is 0.192. The van der Waals surface area contributed by atoms with Crippen molar-refractivity contribution in [3.63, 3.8) is 0 Å². The molecule has 0 unspecified atom stereocenters. The Bertz CT molecular complexity index is 1310. The van der Waals surface area contributed by atoms with Gasteiger partial charge in [0.2, 0.25) is 11.0 Å². The third-order valence-corrected chi connectivity index (χ3v) is 5.71. The van der Waals surface area contributed by atoms with Crippen LogP contribution >= 0.6 is 12.2 Å². The SMILES string of the molecule is Cc1ccc(Cn2c(O)c(N=NC(=S)Nc3c(C)cc(C)cc3C)c3ccccc32)cc1. The van der Waals surface area contributed by atoms with E-state index in [1.807, 2.05) is 42.7 Å². The Balaban J connectivity index is 1.64. The highest BCUT2D eigenvalue weighted by Crippen LogP contribution is 2.39. The maximum absolute atomic E-state index is 11.0. The van der Waals surface area contributed by atoms with Gasteiger partial charge in [-0.1, -0.05) is 65.7 Å². The van der Waals surface area contributed by atoms with E-state index in [2.05, 4.69) is 65.8 Å². The summed E-state index contributed by atoms with van der Waals surface area (Å²) in [4.78, 5) is 0. The van der Waals surface area contributed by atoms with E-state index in [4.69, 9.17) is 12.2 Å². The van der Waals surface area contributed by atoms with E-state index in [1.54, 1.807) is 0 Å². The summed E-state index contributed by atoms with van der Waals surface area (Å²) in [6.07, 6.45) is 0. The third-order valence-electron chi connectivity index (χ3n) is 5.53. The van der Waals surface area contributed by atoms with Gasteiger partial charge in [-0.25, -0.2) is 0 Å². The number of aromatic hydroxyl groups is 1. The molecule has 3 aromatic carbocycles. The molecular weight excluding hydrogens is 416 g/mol. The first-order valence-electron chi connectivity index (χ1n) is 10.5. The standard InChI is InChI=1S/C26H26N4OS/c1-16-9-11-20(12-10-16)15-30-22-8-6-5-7-21(22)24(25(30)31)28-29-26(32)27-23-18(3)13-17(2)14-19(23)4/h5-14,31H,15H2,1-4H3,(H,27,32). The van der Waals surface area contributed by atoms with Crippen molar-refractivity contribution < 1.29 is 5.11 Å². The predicted molar refractivity (Wildman–Crippen MR) is 135 cm³/mol. The highest BCUT2D eigenvalue weighted by atomic mass is 32.1. The number of thiocarbonyl (C=S) groups is 1. The lowest BCUT2D eigenvalue weighted by Crippen LogP contribution is -2.08. The number of aryl methyl sites for hydroxylation is 4. The van der Waals surface area contributed by atoms with E-state index in [-0.39, 0.29) is 11.0 Å². The van der Waals surface area contributed by atoms with Gasteiger partial charge in [0.15, 0.2) is 5.69 Å². The lowest BCUT2D eigenvalue weighted by Gasteiger charge is -2.12. The number of nitrogens with one attached hydrogen (secondary N) is 1. The van der Waals surface area contributed by atoms with Crippen LogP contribution in [0, 0.1) is 27.7 Å². The smallest absolute Gasteiger partial charge is 0.221 e. The van der Waals surface area contributed by atoms with Crippen LogP contribution in [0.1, 0.15) is 27.8 Å². The van der Waals surface area contributed by atoms with E-state index in [9.17, 15) is 5.11 Å². The van der Waals surface area contributed by atoms with Crippen LogP contribution in [0.3, 0.4) is 0 Å². The Kier molecular flexibility index (Phi) is 6.06. The number of anilines is 1. The molecule has 5 nitrogen and oxygen atoms in total. The summed E-state index contributed by atoms with van der Waals surface area (Å²) < 4.78 is 1.85. The van der Waals surface area contributed by atoms with E-state index in [0.29, 0.717) is 12.2 Å². The van der Waals surface area contributed by atoms with Crippen molar-refractivity contribution in [3.8, 4) is 5.88 Å². The first-order valence-corrected chi connectivity index (χ1v) is 10.9. The molecule has 0 aliphatic carbocycles. The van der Waals surface area contributed by atoms with Crippen LogP contribution in [0.2, 0.25) is 0 Å². The Hall–Kier alpha value is -3.51. The largest absolute Gasteiger partial charge is 0.493 e. The van der Waals surface area contributed by atoms with E-state index < -0.39 is 0 Å². The van der Waals surface area contributed by atoms with Crippen molar-refractivity contribution in [2.75, 3.05) is 5.32 Å². The zero-order valence-electron chi connectivity index (χ0n) is 18.7. The number of aromatic nitrogens is 1. The fourth-order valence-corrected chi connectivity index (χ4v) is 4.15. The number of fused-ring (bicyclic) bond motifs is 1. The molecule has 0 aliphatic rings. The summed E-state index contributed by atoms with van der Waals surface area (Å²) in [7, 11) is 0. The van der Waals surface area contributed by atoms with Gasteiger partial charge in [0, 0.05) is 11.1 Å². The Morgan fingerprint density at radius 2 is 1.59 bits per heavy atom. The lowest BCUT2D eigenvalue weighted by atomic mass is 10.1. The number of hydrogen-bond acceptors (Lipinski definition) is 3. The molecule has 2 N–H and O–H groups in total. The first-order chi connectivity index (χ1) is 15.3. The van der Waals surface area contributed by atoms with E-state index in [0.717, 1.165) is 33.3 Å². The first kappa shape index (κ1) is 21.7. The van der Waals surface area contributed by atoms with Crippen molar-refractivity contribution >= 4 is 39.6 Å². The molecular formula is C26H26N4OS. The van der Waals surface area contributed by atoms with Crippen molar-refractivity contribution in [1.29, 1.82) is 0 Å². The summed E-state index contributed by atoms with van der Waals surface area (Å²) in [5.41, 5.74) is 7.92. The molecule has 32 heavy (non-hydrogen) atoms. The molecule has 0 radical (unpaired) electrons. The molecule has 0 aliphatic heterocycles. The Morgan fingerprint density at radius 3 is 2.28 bits per heavy atom. The molecule has 4 aromatic rings. The van der Waals surface area contributed by atoms with Gasteiger partial charge >= 0.3 is 0 Å². The number of para-hydroxylation sites is 1. The number of hydrogen-bond donors (Lipinski definition) is 2. The second-order valence-electron chi connectivity index (χ2n) is 8.16. The fourth-order valence-electron chi connectivity index (χ4n) is 4.01. The van der Waals surface area contributed by atoms with Crippen molar-refractivity contribution in [3.05, 3.63) is 88.5 Å². The highest BCUT2D eigenvalue weighted by molar-refractivity contribution is 7.80. The molecule has 1 heterocycles. The summed E-state index contributed by atoms with van der Waals surface area (Å²) in [6, 6.07) is 20.2. The van der Waals surface area contributed by atoms with Gasteiger partial charge in [-0.05, 0) is 62.7 Å². The Morgan fingerprint density at radius 1 is 0.938 bits per heavy atom. The van der Waals surface area contributed by atoms with E-state index >= 15 is 0 Å². The van der Waals surface area contributed by atoms with Gasteiger partial charge < -0.3 is 15.0 Å². The van der Waals surface area contributed by atoms with Crippen molar-refractivity contribution in [1.82, 2.24) is 4.57 Å². The van der Waals surface area contributed by atoms with Crippen LogP contribution < -0.4 is 5.32 Å². The normalized spacial score (nSPS) is 11.4. The summed E-state index contributed by atoms with van der Waals surface area (Å²) in [6.45, 7) is 8.73. The zero-order valence-corrected chi connectivity index (χ0v) is 19.5. The topological polar surface area (TPSA) is 61.9 Å². The zero-order chi connectivity index (χ0) is 22.8. The maximum atomic E-state index is 11.0. The molecule has 1 aromatic heterocycles. The molecule has 0 spiro atoms. The molecule has 4 rings (SSSR count). The number of rotatable bonds is 4. The maximum Gasteiger partial charge on any atom is 0.221 e. The number of azo groups is 1. The number of nitrogens with zero attached hydrogens (tertiary/aromatic N) is 3. The molecule has 6 heteroatoms. The average molecular weight is 443 g/mol. The molecule has 0 saturated heterocycles. The van der Waals surface area contributed by atoms with E-state index in [1.165, 1.54) is 11.1 Å². The third kappa shape index (κ3) is 4.41. The molecule has 0 saturated carbocycles. The predicted octanol–water partition coefficient (Wildman–Crippen LogP) is 7.11. The van der Waals surface area contributed by atoms with Crippen LogP contribution in [0.5, 0.6) is 5.88 Å². The minimum absolute atomic E-state index is 0.0704.